The molecule has 1 amide bonds. The number of nitrogens with one attached hydrogen (secondary N) is 1. The van der Waals surface area contributed by atoms with Gasteiger partial charge in [0.2, 0.25) is 5.91 Å². The molecular formula is C80H162N2O6P+. The van der Waals surface area contributed by atoms with Crippen LogP contribution in [0.15, 0.2) is 12.2 Å². The number of rotatable bonds is 77. The highest BCUT2D eigenvalue weighted by Crippen LogP contribution is 2.43. The second-order valence-corrected chi connectivity index (χ2v) is 31.0. The first kappa shape index (κ1) is 88.2. The average Bonchev–Trinajstić information content (AvgIpc) is 3.57. The third kappa shape index (κ3) is 74.5. The van der Waals surface area contributed by atoms with Gasteiger partial charge in [0.1, 0.15) is 13.2 Å². The summed E-state index contributed by atoms with van der Waals surface area (Å²) >= 11 is 0. The quantitative estimate of drug-likeness (QED) is 0.0243. The molecule has 9 heteroatoms. The van der Waals surface area contributed by atoms with Crippen LogP contribution in [0.3, 0.4) is 0 Å². The van der Waals surface area contributed by atoms with Crippen LogP contribution in [0.2, 0.25) is 0 Å². The number of likely N-dealkylation sites (N-methyl/N-ethyl adjacent to an activating group) is 1. The summed E-state index contributed by atoms with van der Waals surface area (Å²) in [5.74, 6) is -0.132. The molecular weight excluding hydrogens is 1120 g/mol. The Hall–Kier alpha value is -0.760. The molecule has 0 rings (SSSR count). The van der Waals surface area contributed by atoms with Crippen LogP contribution in [-0.4, -0.2) is 73.4 Å². The van der Waals surface area contributed by atoms with Gasteiger partial charge in [0.05, 0.1) is 39.9 Å². The Labute approximate surface area is 558 Å². The van der Waals surface area contributed by atoms with Gasteiger partial charge in [0.25, 0.3) is 0 Å². The van der Waals surface area contributed by atoms with Crippen LogP contribution in [0.25, 0.3) is 0 Å². The van der Waals surface area contributed by atoms with Crippen molar-refractivity contribution < 1.29 is 32.9 Å². The highest BCUT2D eigenvalue weighted by molar-refractivity contribution is 7.47. The number of carbonyl (C=O) groups is 1. The van der Waals surface area contributed by atoms with Gasteiger partial charge in [-0.05, 0) is 38.5 Å². The average molecular weight is 1280 g/mol. The molecule has 0 aliphatic heterocycles. The third-order valence-corrected chi connectivity index (χ3v) is 20.2. The summed E-state index contributed by atoms with van der Waals surface area (Å²) in [4.78, 5) is 23.5. The van der Waals surface area contributed by atoms with E-state index in [1.54, 1.807) is 0 Å². The van der Waals surface area contributed by atoms with Crippen molar-refractivity contribution in [1.29, 1.82) is 0 Å². The number of quaternary nitrogens is 1. The lowest BCUT2D eigenvalue weighted by molar-refractivity contribution is -0.870. The molecule has 0 fully saturated rings. The molecule has 0 aliphatic carbocycles. The number of nitrogens with zero attached hydrogens (tertiary/aromatic N) is 1. The van der Waals surface area contributed by atoms with Crippen LogP contribution in [0.1, 0.15) is 444 Å². The summed E-state index contributed by atoms with van der Waals surface area (Å²) in [5.41, 5.74) is 0. The molecule has 0 aromatic rings. The zero-order valence-corrected chi connectivity index (χ0v) is 62.1. The van der Waals surface area contributed by atoms with E-state index in [4.69, 9.17) is 9.05 Å². The third-order valence-electron chi connectivity index (χ3n) is 19.3. The lowest BCUT2D eigenvalue weighted by atomic mass is 10.0. The van der Waals surface area contributed by atoms with Gasteiger partial charge in [-0.15, -0.1) is 0 Å². The molecule has 0 heterocycles. The van der Waals surface area contributed by atoms with E-state index >= 15 is 0 Å². The van der Waals surface area contributed by atoms with E-state index in [1.807, 2.05) is 21.1 Å². The number of amides is 1. The number of allylic oxidation sites excluding steroid dienone is 2. The Morgan fingerprint density at radius 1 is 0.371 bits per heavy atom. The van der Waals surface area contributed by atoms with Crippen LogP contribution < -0.4 is 5.32 Å². The Morgan fingerprint density at radius 2 is 0.607 bits per heavy atom. The van der Waals surface area contributed by atoms with Crippen molar-refractivity contribution in [1.82, 2.24) is 5.32 Å². The zero-order chi connectivity index (χ0) is 64.8. The van der Waals surface area contributed by atoms with Crippen LogP contribution in [0.5, 0.6) is 0 Å². The normalized spacial score (nSPS) is 13.5. The van der Waals surface area contributed by atoms with E-state index in [1.165, 1.54) is 379 Å². The summed E-state index contributed by atoms with van der Waals surface area (Å²) < 4.78 is 24.0. The standard InChI is InChI=1S/C80H161N2O6P/c1-6-8-10-12-14-16-18-20-22-24-26-28-30-32-34-36-38-39-40-41-42-43-44-46-48-50-52-54-56-58-60-62-64-66-68-70-72-74-80(84)81-78(77-88-89(85,86)87-76-75-82(3,4)5)79(83)73-71-69-67-65-63-61-59-57-55-53-51-49-47-45-37-35-33-31-29-27-25-23-21-19-17-15-13-11-9-7-2/h24,26,78-79,83H,6-23,25,27-77H2,1-5H3,(H-,81,84,85,86)/p+1/b26-24-. The Bertz CT molecular complexity index is 1460. The van der Waals surface area contributed by atoms with Crippen LogP contribution in [0, 0.1) is 0 Å². The SMILES string of the molecule is CCCCCCCCCC/C=C\CCCCCCCCCCCCCCCCCCCCCCCCCCCC(=O)NC(COP(=O)(O)OCC[N+](C)(C)C)C(O)CCCCCCCCCCCCCCCCCCCCCCCCCCCCCCCC. The predicted octanol–water partition coefficient (Wildman–Crippen LogP) is 26.4. The van der Waals surface area contributed by atoms with Crippen molar-refractivity contribution in [2.24, 2.45) is 0 Å². The van der Waals surface area contributed by atoms with Gasteiger partial charge in [0.15, 0.2) is 0 Å². The fraction of sp³-hybridized carbons (Fsp3) is 0.963. The van der Waals surface area contributed by atoms with E-state index in [0.717, 1.165) is 38.5 Å². The summed E-state index contributed by atoms with van der Waals surface area (Å²) in [5, 5.41) is 14.2. The number of hydrogen-bond donors (Lipinski definition) is 3. The van der Waals surface area contributed by atoms with Gasteiger partial charge in [-0.2, -0.15) is 0 Å². The molecule has 0 saturated heterocycles. The largest absolute Gasteiger partial charge is 0.472 e. The van der Waals surface area contributed by atoms with Crippen molar-refractivity contribution in [3.8, 4) is 0 Å². The van der Waals surface area contributed by atoms with Gasteiger partial charge in [0, 0.05) is 6.42 Å². The van der Waals surface area contributed by atoms with Gasteiger partial charge < -0.3 is 19.8 Å². The number of aliphatic hydroxyl groups excluding tert-OH is 1. The second kappa shape index (κ2) is 71.5. The maximum absolute atomic E-state index is 13.1. The van der Waals surface area contributed by atoms with Crippen molar-refractivity contribution >= 4 is 13.7 Å². The van der Waals surface area contributed by atoms with Crippen molar-refractivity contribution in [3.63, 3.8) is 0 Å². The van der Waals surface area contributed by atoms with Gasteiger partial charge in [-0.25, -0.2) is 4.57 Å². The Balaban J connectivity index is 3.89. The minimum Gasteiger partial charge on any atom is -0.391 e. The fourth-order valence-corrected chi connectivity index (χ4v) is 13.7. The Morgan fingerprint density at radius 3 is 0.865 bits per heavy atom. The topological polar surface area (TPSA) is 105 Å². The Kier molecular flexibility index (Phi) is 70.9. The molecule has 3 N–H and O–H groups in total. The smallest absolute Gasteiger partial charge is 0.391 e. The summed E-state index contributed by atoms with van der Waals surface area (Å²) in [6, 6.07) is -0.759. The van der Waals surface area contributed by atoms with Crippen LogP contribution in [-0.2, 0) is 18.4 Å². The molecule has 89 heavy (non-hydrogen) atoms. The number of hydrogen-bond acceptors (Lipinski definition) is 5. The summed E-state index contributed by atoms with van der Waals surface area (Å²) in [6.45, 7) is 4.97. The van der Waals surface area contributed by atoms with Crippen molar-refractivity contribution in [2.45, 2.75) is 456 Å². The van der Waals surface area contributed by atoms with E-state index < -0.39 is 20.0 Å². The van der Waals surface area contributed by atoms with E-state index in [2.05, 4.69) is 31.3 Å². The summed E-state index contributed by atoms with van der Waals surface area (Å²) in [6.07, 6.45) is 93.7. The maximum atomic E-state index is 13.1. The van der Waals surface area contributed by atoms with Crippen LogP contribution in [0.4, 0.5) is 0 Å². The molecule has 3 unspecified atom stereocenters. The minimum absolute atomic E-state index is 0.0789. The van der Waals surface area contributed by atoms with E-state index in [0.29, 0.717) is 23.9 Å². The number of phosphoric ester groups is 1. The van der Waals surface area contributed by atoms with Crippen molar-refractivity contribution in [2.75, 3.05) is 40.9 Å². The highest BCUT2D eigenvalue weighted by atomic mass is 31.2. The second-order valence-electron chi connectivity index (χ2n) is 29.5. The van der Waals surface area contributed by atoms with Crippen molar-refractivity contribution in [3.05, 3.63) is 12.2 Å². The molecule has 0 aromatic heterocycles. The summed E-state index contributed by atoms with van der Waals surface area (Å²) in [7, 11) is 1.64. The lowest BCUT2D eigenvalue weighted by Gasteiger charge is -2.26. The molecule has 3 atom stereocenters. The van der Waals surface area contributed by atoms with E-state index in [-0.39, 0.29) is 19.1 Å². The molecule has 0 spiro atoms. The van der Waals surface area contributed by atoms with E-state index in [9.17, 15) is 19.4 Å². The molecule has 532 valence electrons. The molecule has 0 saturated carbocycles. The molecule has 0 radical (unpaired) electrons. The number of carbonyl (C=O) groups excluding carboxylic acids is 1. The molecule has 0 aliphatic rings. The maximum Gasteiger partial charge on any atom is 0.472 e. The fourth-order valence-electron chi connectivity index (χ4n) is 13.0. The number of aliphatic hydroxyl groups is 1. The first-order chi connectivity index (χ1) is 43.5. The lowest BCUT2D eigenvalue weighted by Crippen LogP contribution is -2.46. The predicted molar refractivity (Wildman–Crippen MR) is 392 cm³/mol. The first-order valence-electron chi connectivity index (χ1n) is 40.6. The monoisotopic (exact) mass is 1280 g/mol. The van der Waals surface area contributed by atoms with Gasteiger partial charge in [-0.1, -0.05) is 411 Å². The van der Waals surface area contributed by atoms with Gasteiger partial charge in [-0.3, -0.25) is 13.8 Å². The van der Waals surface area contributed by atoms with Crippen LogP contribution >= 0.6 is 7.82 Å². The molecule has 8 nitrogen and oxygen atoms in total. The molecule has 0 aromatic carbocycles. The minimum atomic E-state index is -4.33. The highest BCUT2D eigenvalue weighted by Gasteiger charge is 2.28. The van der Waals surface area contributed by atoms with Gasteiger partial charge >= 0.3 is 7.82 Å². The molecule has 0 bridgehead atoms. The zero-order valence-electron chi connectivity index (χ0n) is 61.2. The number of phosphoric acid groups is 1. The number of unbranched alkanes of at least 4 members (excludes halogenated alkanes) is 62. The first-order valence-corrected chi connectivity index (χ1v) is 42.0.